The summed E-state index contributed by atoms with van der Waals surface area (Å²) in [7, 11) is 0. The molecule has 8 heteroatoms. The molecule has 3 rings (SSSR count). The molecule has 29 heavy (non-hydrogen) atoms. The molecule has 3 heterocycles. The molecule has 0 fully saturated rings. The summed E-state index contributed by atoms with van der Waals surface area (Å²) in [6, 6.07) is 6.07. The second kappa shape index (κ2) is 9.65. The molecular formula is C21H29N7S. The van der Waals surface area contributed by atoms with Crippen LogP contribution in [0.1, 0.15) is 54.3 Å². The van der Waals surface area contributed by atoms with Crippen LogP contribution >= 0.6 is 11.3 Å². The van der Waals surface area contributed by atoms with Gasteiger partial charge in [0.15, 0.2) is 11.8 Å². The molecule has 3 aromatic heterocycles. The van der Waals surface area contributed by atoms with Crippen LogP contribution in [0.15, 0.2) is 34.8 Å². The lowest BCUT2D eigenvalue weighted by Gasteiger charge is -2.10. The van der Waals surface area contributed by atoms with Crippen LogP contribution in [0.25, 0.3) is 5.82 Å². The summed E-state index contributed by atoms with van der Waals surface area (Å²) < 4.78 is 1.85. The van der Waals surface area contributed by atoms with Crippen LogP contribution in [-0.4, -0.2) is 32.3 Å². The molecule has 0 saturated heterocycles. The lowest BCUT2D eigenvalue weighted by atomic mass is 10.2. The number of nitrogens with one attached hydrogen (secondary N) is 2. The van der Waals surface area contributed by atoms with Crippen molar-refractivity contribution in [3.05, 3.63) is 57.4 Å². The third kappa shape index (κ3) is 5.63. The van der Waals surface area contributed by atoms with E-state index in [-0.39, 0.29) is 0 Å². The maximum atomic E-state index is 4.67. The number of aromatic nitrogens is 4. The van der Waals surface area contributed by atoms with Crippen LogP contribution in [0, 0.1) is 13.8 Å². The topological polar surface area (TPSA) is 80.0 Å². The number of pyridine rings is 1. The van der Waals surface area contributed by atoms with E-state index in [0.717, 1.165) is 46.0 Å². The first-order valence-electron chi connectivity index (χ1n) is 9.91. The van der Waals surface area contributed by atoms with Crippen LogP contribution in [0.3, 0.4) is 0 Å². The lowest BCUT2D eigenvalue weighted by Crippen LogP contribution is -2.36. The first kappa shape index (κ1) is 21.0. The van der Waals surface area contributed by atoms with Crippen molar-refractivity contribution in [2.75, 3.05) is 6.54 Å². The number of thiazole rings is 1. The Morgan fingerprint density at radius 1 is 1.24 bits per heavy atom. The number of aliphatic imine (C=N–C) groups is 1. The van der Waals surface area contributed by atoms with Gasteiger partial charge in [-0.05, 0) is 44.4 Å². The normalized spacial score (nSPS) is 11.9. The first-order chi connectivity index (χ1) is 14.0. The maximum Gasteiger partial charge on any atom is 0.191 e. The van der Waals surface area contributed by atoms with Gasteiger partial charge in [-0.1, -0.05) is 19.9 Å². The van der Waals surface area contributed by atoms with Gasteiger partial charge in [-0.3, -0.25) is 0 Å². The van der Waals surface area contributed by atoms with Gasteiger partial charge in [0, 0.05) is 23.8 Å². The standard InChI is InChI=1S/C21H29N7S/c1-6-22-21(25-12-20-26-18(13-29-20)14(2)3)24-11-17-7-8-19(23-10-17)28-16(5)9-15(4)27-28/h7-10,13-14H,6,11-12H2,1-5H3,(H2,22,24,25). The van der Waals surface area contributed by atoms with E-state index in [1.807, 2.05) is 42.9 Å². The van der Waals surface area contributed by atoms with Gasteiger partial charge < -0.3 is 10.6 Å². The van der Waals surface area contributed by atoms with E-state index < -0.39 is 0 Å². The zero-order chi connectivity index (χ0) is 20.8. The van der Waals surface area contributed by atoms with Gasteiger partial charge in [-0.2, -0.15) is 5.10 Å². The average Bonchev–Trinajstić information content (AvgIpc) is 3.30. The van der Waals surface area contributed by atoms with E-state index in [1.165, 1.54) is 0 Å². The van der Waals surface area contributed by atoms with Crippen molar-refractivity contribution < 1.29 is 0 Å². The van der Waals surface area contributed by atoms with E-state index >= 15 is 0 Å². The number of aryl methyl sites for hydroxylation is 2. The van der Waals surface area contributed by atoms with Crippen LogP contribution in [0.2, 0.25) is 0 Å². The second-order valence-electron chi connectivity index (χ2n) is 7.23. The van der Waals surface area contributed by atoms with Gasteiger partial charge in [0.25, 0.3) is 0 Å². The Morgan fingerprint density at radius 3 is 2.66 bits per heavy atom. The molecule has 0 saturated carbocycles. The van der Waals surface area contributed by atoms with Crippen LogP contribution in [-0.2, 0) is 13.1 Å². The Bertz CT molecular complexity index is 954. The Kier molecular flexibility index (Phi) is 6.98. The minimum absolute atomic E-state index is 0.451. The van der Waals surface area contributed by atoms with E-state index in [1.54, 1.807) is 11.3 Å². The molecule has 7 nitrogen and oxygen atoms in total. The van der Waals surface area contributed by atoms with Crippen molar-refractivity contribution in [2.45, 2.75) is 53.6 Å². The smallest absolute Gasteiger partial charge is 0.191 e. The van der Waals surface area contributed by atoms with Gasteiger partial charge in [-0.15, -0.1) is 11.3 Å². The van der Waals surface area contributed by atoms with Gasteiger partial charge in [-0.25, -0.2) is 19.6 Å². The van der Waals surface area contributed by atoms with E-state index in [0.29, 0.717) is 19.0 Å². The Labute approximate surface area is 176 Å². The number of guanidine groups is 1. The number of nitrogens with zero attached hydrogens (tertiary/aromatic N) is 5. The summed E-state index contributed by atoms with van der Waals surface area (Å²) in [4.78, 5) is 13.9. The van der Waals surface area contributed by atoms with Crippen molar-refractivity contribution >= 4 is 17.3 Å². The van der Waals surface area contributed by atoms with Crippen LogP contribution < -0.4 is 10.6 Å². The monoisotopic (exact) mass is 411 g/mol. The molecule has 0 aliphatic carbocycles. The molecule has 0 unspecified atom stereocenters. The highest BCUT2D eigenvalue weighted by Crippen LogP contribution is 2.17. The average molecular weight is 412 g/mol. The third-order valence-electron chi connectivity index (χ3n) is 4.37. The molecule has 2 N–H and O–H groups in total. The SMILES string of the molecule is CCNC(=NCc1ccc(-n2nc(C)cc2C)nc1)NCc1nc(C(C)C)cs1. The largest absolute Gasteiger partial charge is 0.357 e. The highest BCUT2D eigenvalue weighted by Gasteiger charge is 2.07. The minimum Gasteiger partial charge on any atom is -0.357 e. The van der Waals surface area contributed by atoms with E-state index in [9.17, 15) is 0 Å². The Morgan fingerprint density at radius 2 is 2.07 bits per heavy atom. The van der Waals surface area contributed by atoms with E-state index in [4.69, 9.17) is 0 Å². The van der Waals surface area contributed by atoms with Gasteiger partial charge in [0.2, 0.25) is 0 Å². The Hall–Kier alpha value is -2.74. The molecule has 0 atom stereocenters. The van der Waals surface area contributed by atoms with Gasteiger partial charge >= 0.3 is 0 Å². The molecular weight excluding hydrogens is 382 g/mol. The molecule has 154 valence electrons. The summed E-state index contributed by atoms with van der Waals surface area (Å²) in [5.74, 6) is 2.04. The molecule has 0 radical (unpaired) electrons. The molecule has 0 aliphatic rings. The molecule has 0 amide bonds. The summed E-state index contributed by atoms with van der Waals surface area (Å²) >= 11 is 1.68. The zero-order valence-electron chi connectivity index (χ0n) is 17.7. The Balaban J connectivity index is 1.62. The zero-order valence-corrected chi connectivity index (χ0v) is 18.5. The predicted octanol–water partition coefficient (Wildman–Crippen LogP) is 3.72. The second-order valence-corrected chi connectivity index (χ2v) is 8.18. The minimum atomic E-state index is 0.451. The highest BCUT2D eigenvalue weighted by molar-refractivity contribution is 7.09. The van der Waals surface area contributed by atoms with Crippen molar-refractivity contribution in [1.82, 2.24) is 30.4 Å². The number of hydrogen-bond acceptors (Lipinski definition) is 5. The van der Waals surface area contributed by atoms with Crippen molar-refractivity contribution in [3.8, 4) is 5.82 Å². The summed E-state index contributed by atoms with van der Waals surface area (Å²) in [5.41, 5.74) is 4.24. The number of hydrogen-bond donors (Lipinski definition) is 2. The predicted molar refractivity (Wildman–Crippen MR) is 119 cm³/mol. The lowest BCUT2D eigenvalue weighted by molar-refractivity contribution is 0.786. The molecule has 0 aliphatic heterocycles. The highest BCUT2D eigenvalue weighted by atomic mass is 32.1. The van der Waals surface area contributed by atoms with Crippen molar-refractivity contribution in [1.29, 1.82) is 0 Å². The van der Waals surface area contributed by atoms with Crippen LogP contribution in [0.5, 0.6) is 0 Å². The van der Waals surface area contributed by atoms with Crippen molar-refractivity contribution in [3.63, 3.8) is 0 Å². The van der Waals surface area contributed by atoms with Crippen molar-refractivity contribution in [2.24, 2.45) is 4.99 Å². The fraction of sp³-hybridized carbons (Fsp3) is 0.429. The molecule has 0 bridgehead atoms. The quantitative estimate of drug-likeness (QED) is 0.457. The number of rotatable bonds is 7. The first-order valence-corrected chi connectivity index (χ1v) is 10.8. The maximum absolute atomic E-state index is 4.67. The summed E-state index contributed by atoms with van der Waals surface area (Å²) in [5, 5.41) is 14.3. The summed E-state index contributed by atoms with van der Waals surface area (Å²) in [6.07, 6.45) is 1.86. The van der Waals surface area contributed by atoms with Gasteiger partial charge in [0.05, 0.1) is 24.5 Å². The van der Waals surface area contributed by atoms with Crippen LogP contribution in [0.4, 0.5) is 0 Å². The molecule has 0 spiro atoms. The third-order valence-corrected chi connectivity index (χ3v) is 5.23. The fourth-order valence-electron chi connectivity index (χ4n) is 2.84. The molecule has 3 aromatic rings. The summed E-state index contributed by atoms with van der Waals surface area (Å²) in [6.45, 7) is 12.4. The van der Waals surface area contributed by atoms with E-state index in [2.05, 4.69) is 56.8 Å². The fourth-order valence-corrected chi connectivity index (χ4v) is 3.73. The molecule has 0 aromatic carbocycles. The van der Waals surface area contributed by atoms with Gasteiger partial charge in [0.1, 0.15) is 5.01 Å².